The average molecular weight is 232 g/mol. The summed E-state index contributed by atoms with van der Waals surface area (Å²) >= 11 is 0. The first-order valence-corrected chi connectivity index (χ1v) is 6.01. The predicted molar refractivity (Wildman–Crippen MR) is 69.7 cm³/mol. The fraction of sp³-hybridized carbons (Fsp3) is 0.467. The molecule has 0 heterocycles. The van der Waals surface area contributed by atoms with Crippen LogP contribution in [0.5, 0.6) is 5.75 Å². The van der Waals surface area contributed by atoms with Crippen LogP contribution in [0.4, 0.5) is 0 Å². The summed E-state index contributed by atoms with van der Waals surface area (Å²) in [7, 11) is 0. The van der Waals surface area contributed by atoms with E-state index in [9.17, 15) is 5.11 Å². The number of benzene rings is 1. The van der Waals surface area contributed by atoms with Gasteiger partial charge in [-0.05, 0) is 23.6 Å². The maximum atomic E-state index is 9.51. The highest BCUT2D eigenvalue weighted by molar-refractivity contribution is 5.37. The van der Waals surface area contributed by atoms with E-state index >= 15 is 0 Å². The van der Waals surface area contributed by atoms with Gasteiger partial charge < -0.3 is 10.2 Å². The van der Waals surface area contributed by atoms with Gasteiger partial charge in [0.05, 0.1) is 6.61 Å². The first kappa shape index (κ1) is 13.6. The van der Waals surface area contributed by atoms with Crippen molar-refractivity contribution >= 4 is 0 Å². The van der Waals surface area contributed by atoms with Gasteiger partial charge in [-0.2, -0.15) is 0 Å². The molecule has 92 valence electrons. The Hall–Kier alpha value is -1.46. The summed E-state index contributed by atoms with van der Waals surface area (Å²) in [6.07, 6.45) is 0.870. The number of rotatable bonds is 3. The van der Waals surface area contributed by atoms with Crippen LogP contribution in [0.3, 0.4) is 0 Å². The van der Waals surface area contributed by atoms with Crippen LogP contribution < -0.4 is 0 Å². The number of phenols is 1. The van der Waals surface area contributed by atoms with Crippen LogP contribution in [0.1, 0.15) is 44.2 Å². The zero-order valence-corrected chi connectivity index (χ0v) is 10.7. The zero-order chi connectivity index (χ0) is 12.8. The van der Waals surface area contributed by atoms with Gasteiger partial charge in [-0.3, -0.25) is 0 Å². The molecule has 0 fully saturated rings. The minimum absolute atomic E-state index is 0.137. The molecule has 17 heavy (non-hydrogen) atoms. The fourth-order valence-corrected chi connectivity index (χ4v) is 1.69. The third kappa shape index (κ3) is 3.51. The minimum atomic E-state index is -0.137. The second-order valence-electron chi connectivity index (χ2n) is 4.30. The number of hydrogen-bond donors (Lipinski definition) is 2. The van der Waals surface area contributed by atoms with Crippen molar-refractivity contribution in [3.63, 3.8) is 0 Å². The third-order valence-corrected chi connectivity index (χ3v) is 3.06. The van der Waals surface area contributed by atoms with E-state index < -0.39 is 0 Å². The summed E-state index contributed by atoms with van der Waals surface area (Å²) < 4.78 is 0. The topological polar surface area (TPSA) is 40.5 Å². The fourth-order valence-electron chi connectivity index (χ4n) is 1.69. The van der Waals surface area contributed by atoms with Crippen molar-refractivity contribution in [3.05, 3.63) is 29.3 Å². The molecule has 0 bridgehead atoms. The normalized spacial score (nSPS) is 13.6. The summed E-state index contributed by atoms with van der Waals surface area (Å²) in [5.41, 5.74) is 1.68. The Morgan fingerprint density at radius 1 is 1.29 bits per heavy atom. The molecular weight excluding hydrogens is 212 g/mol. The Bertz CT molecular complexity index is 426. The van der Waals surface area contributed by atoms with E-state index in [1.54, 1.807) is 6.07 Å². The van der Waals surface area contributed by atoms with Crippen LogP contribution in [0, 0.1) is 17.8 Å². The maximum absolute atomic E-state index is 9.51. The maximum Gasteiger partial charge on any atom is 0.121 e. The van der Waals surface area contributed by atoms with E-state index in [0.29, 0.717) is 11.5 Å². The lowest BCUT2D eigenvalue weighted by atomic mass is 9.88. The van der Waals surface area contributed by atoms with Gasteiger partial charge in [-0.1, -0.05) is 32.8 Å². The summed E-state index contributed by atoms with van der Waals surface area (Å²) in [4.78, 5) is 0. The lowest BCUT2D eigenvalue weighted by molar-refractivity contribution is 0.275. The van der Waals surface area contributed by atoms with Crippen LogP contribution in [0.2, 0.25) is 0 Å². The molecule has 0 spiro atoms. The largest absolute Gasteiger partial charge is 0.508 e. The van der Waals surface area contributed by atoms with Crippen LogP contribution in [-0.4, -0.2) is 10.2 Å². The van der Waals surface area contributed by atoms with Gasteiger partial charge in [-0.25, -0.2) is 0 Å². The molecule has 1 rings (SSSR count). The lowest BCUT2D eigenvalue weighted by Gasteiger charge is -2.16. The molecular formula is C15H20O2. The smallest absolute Gasteiger partial charge is 0.121 e. The van der Waals surface area contributed by atoms with E-state index in [2.05, 4.69) is 25.7 Å². The predicted octanol–water partition coefficient (Wildman–Crippen LogP) is 3.04. The van der Waals surface area contributed by atoms with Gasteiger partial charge in [0, 0.05) is 17.9 Å². The van der Waals surface area contributed by atoms with Gasteiger partial charge in [-0.15, -0.1) is 5.92 Å². The molecule has 2 unspecified atom stereocenters. The molecule has 0 aliphatic carbocycles. The Kier molecular flexibility index (Phi) is 5.06. The highest BCUT2D eigenvalue weighted by Gasteiger charge is 2.13. The Balaban J connectivity index is 2.92. The SMILES string of the molecule is CCC#CC(C)C(C)c1ccc(O)c(CO)c1. The molecule has 0 aliphatic heterocycles. The van der Waals surface area contributed by atoms with E-state index in [1.807, 2.05) is 19.1 Å². The Morgan fingerprint density at radius 2 is 2.00 bits per heavy atom. The lowest BCUT2D eigenvalue weighted by Crippen LogP contribution is -2.04. The quantitative estimate of drug-likeness (QED) is 0.786. The Morgan fingerprint density at radius 3 is 2.59 bits per heavy atom. The van der Waals surface area contributed by atoms with Crippen molar-refractivity contribution < 1.29 is 10.2 Å². The number of aromatic hydroxyl groups is 1. The monoisotopic (exact) mass is 232 g/mol. The summed E-state index contributed by atoms with van der Waals surface area (Å²) in [6.45, 7) is 6.11. The standard InChI is InChI=1S/C15H20O2/c1-4-5-6-11(2)12(3)13-7-8-15(17)14(9-13)10-16/h7-9,11-12,16-17H,4,10H2,1-3H3. The minimum Gasteiger partial charge on any atom is -0.508 e. The van der Waals surface area contributed by atoms with Crippen molar-refractivity contribution in [2.45, 2.75) is 39.7 Å². The van der Waals surface area contributed by atoms with Crippen molar-refractivity contribution in [2.24, 2.45) is 5.92 Å². The molecule has 2 N–H and O–H groups in total. The van der Waals surface area contributed by atoms with Crippen molar-refractivity contribution in [2.75, 3.05) is 0 Å². The van der Waals surface area contributed by atoms with Gasteiger partial charge in [0.2, 0.25) is 0 Å². The van der Waals surface area contributed by atoms with E-state index in [1.165, 1.54) is 0 Å². The number of hydrogen-bond acceptors (Lipinski definition) is 2. The first-order chi connectivity index (χ1) is 8.10. The molecule has 0 amide bonds. The molecule has 2 nitrogen and oxygen atoms in total. The molecule has 2 atom stereocenters. The van der Waals surface area contributed by atoms with Gasteiger partial charge >= 0.3 is 0 Å². The Labute approximate surface area is 103 Å². The number of aliphatic hydroxyl groups is 1. The highest BCUT2D eigenvalue weighted by Crippen LogP contribution is 2.27. The molecule has 0 saturated carbocycles. The van der Waals surface area contributed by atoms with Crippen molar-refractivity contribution in [1.29, 1.82) is 0 Å². The van der Waals surface area contributed by atoms with Crippen LogP contribution in [0.25, 0.3) is 0 Å². The van der Waals surface area contributed by atoms with Crippen molar-refractivity contribution in [3.8, 4) is 17.6 Å². The summed E-state index contributed by atoms with van der Waals surface area (Å²) in [6, 6.07) is 5.38. The van der Waals surface area contributed by atoms with Gasteiger partial charge in [0.1, 0.15) is 5.75 Å². The van der Waals surface area contributed by atoms with E-state index in [4.69, 9.17) is 5.11 Å². The van der Waals surface area contributed by atoms with Gasteiger partial charge in [0.25, 0.3) is 0 Å². The van der Waals surface area contributed by atoms with Crippen LogP contribution >= 0.6 is 0 Å². The molecule has 1 aromatic rings. The van der Waals surface area contributed by atoms with E-state index in [-0.39, 0.29) is 18.3 Å². The second kappa shape index (κ2) is 6.32. The average Bonchev–Trinajstić information content (AvgIpc) is 2.35. The molecule has 2 heteroatoms. The molecule has 0 aromatic heterocycles. The molecule has 0 radical (unpaired) electrons. The summed E-state index contributed by atoms with van der Waals surface area (Å²) in [5, 5.41) is 18.6. The summed E-state index contributed by atoms with van der Waals surface area (Å²) in [5.74, 6) is 7.01. The number of aliphatic hydroxyl groups excluding tert-OH is 1. The van der Waals surface area contributed by atoms with Crippen LogP contribution in [0.15, 0.2) is 18.2 Å². The zero-order valence-electron chi connectivity index (χ0n) is 10.7. The van der Waals surface area contributed by atoms with E-state index in [0.717, 1.165) is 12.0 Å². The van der Waals surface area contributed by atoms with Crippen LogP contribution in [-0.2, 0) is 6.61 Å². The first-order valence-electron chi connectivity index (χ1n) is 6.01. The third-order valence-electron chi connectivity index (χ3n) is 3.06. The van der Waals surface area contributed by atoms with Gasteiger partial charge in [0.15, 0.2) is 0 Å². The highest BCUT2D eigenvalue weighted by atomic mass is 16.3. The molecule has 0 aliphatic rings. The molecule has 0 saturated heterocycles. The van der Waals surface area contributed by atoms with Crippen molar-refractivity contribution in [1.82, 2.24) is 0 Å². The molecule has 1 aromatic carbocycles. The second-order valence-corrected chi connectivity index (χ2v) is 4.30.